The monoisotopic (exact) mass is 476 g/mol. The van der Waals surface area contributed by atoms with Gasteiger partial charge in [-0.2, -0.15) is 0 Å². The predicted molar refractivity (Wildman–Crippen MR) is 132 cm³/mol. The highest BCUT2D eigenvalue weighted by Gasteiger charge is 2.32. The first-order chi connectivity index (χ1) is 16.9. The van der Waals surface area contributed by atoms with Gasteiger partial charge in [0.05, 0.1) is 12.5 Å². The molecule has 0 bridgehead atoms. The van der Waals surface area contributed by atoms with Crippen LogP contribution in [0.4, 0.5) is 15.9 Å². The third kappa shape index (κ3) is 5.48. The van der Waals surface area contributed by atoms with Crippen molar-refractivity contribution in [3.8, 4) is 11.4 Å². The van der Waals surface area contributed by atoms with Gasteiger partial charge in [-0.3, -0.25) is 9.59 Å². The van der Waals surface area contributed by atoms with Crippen molar-refractivity contribution in [3.05, 3.63) is 71.7 Å². The first-order valence-corrected chi connectivity index (χ1v) is 11.8. The summed E-state index contributed by atoms with van der Waals surface area (Å²) in [4.78, 5) is 38.6. The van der Waals surface area contributed by atoms with Gasteiger partial charge in [-0.25, -0.2) is 14.4 Å². The number of rotatable bonds is 6. The fourth-order valence-corrected chi connectivity index (χ4v) is 4.19. The lowest BCUT2D eigenvalue weighted by Gasteiger charge is -2.32. The number of aryl methyl sites for hydroxylation is 1. The molecule has 0 N–H and O–H groups in total. The number of carbonyl (C=O) groups excluding carboxylic acids is 2. The number of halogens is 1. The summed E-state index contributed by atoms with van der Waals surface area (Å²) in [6.45, 7) is 4.93. The molecule has 1 saturated heterocycles. The van der Waals surface area contributed by atoms with Crippen molar-refractivity contribution in [2.75, 3.05) is 31.6 Å². The molecule has 1 aromatic heterocycles. The third-order valence-corrected chi connectivity index (χ3v) is 6.17. The van der Waals surface area contributed by atoms with E-state index in [1.54, 1.807) is 24.0 Å². The van der Waals surface area contributed by atoms with E-state index in [-0.39, 0.29) is 23.6 Å². The molecule has 3 aromatic rings. The Hall–Kier alpha value is -3.81. The Bertz CT molecular complexity index is 1200. The number of benzene rings is 2. The number of carbonyl (C=O) groups is 2. The largest absolute Gasteiger partial charge is 0.466 e. The van der Waals surface area contributed by atoms with E-state index < -0.39 is 0 Å². The number of aromatic nitrogens is 2. The average Bonchev–Trinajstić information content (AvgIpc) is 2.88. The van der Waals surface area contributed by atoms with Gasteiger partial charge in [-0.15, -0.1) is 0 Å². The van der Waals surface area contributed by atoms with E-state index in [4.69, 9.17) is 9.72 Å². The molecule has 4 rings (SSSR count). The number of esters is 1. The number of hydrogen-bond acceptors (Lipinski definition) is 6. The maximum atomic E-state index is 13.6. The minimum atomic E-state index is -0.348. The Labute approximate surface area is 204 Å². The number of likely N-dealkylation sites (tertiary alicyclic amines) is 1. The maximum Gasteiger partial charge on any atom is 0.310 e. The van der Waals surface area contributed by atoms with Gasteiger partial charge in [0.2, 0.25) is 0 Å². The van der Waals surface area contributed by atoms with E-state index in [1.165, 1.54) is 18.3 Å². The summed E-state index contributed by atoms with van der Waals surface area (Å²) in [6.07, 6.45) is 2.92. The van der Waals surface area contributed by atoms with Gasteiger partial charge in [0, 0.05) is 37.6 Å². The third-order valence-electron chi connectivity index (χ3n) is 6.17. The molecule has 1 aliphatic rings. The van der Waals surface area contributed by atoms with E-state index in [9.17, 15) is 14.0 Å². The van der Waals surface area contributed by atoms with Crippen molar-refractivity contribution in [1.29, 1.82) is 0 Å². The molecule has 35 heavy (non-hydrogen) atoms. The molecule has 0 unspecified atom stereocenters. The van der Waals surface area contributed by atoms with E-state index in [0.717, 1.165) is 11.3 Å². The van der Waals surface area contributed by atoms with Crippen LogP contribution in [0.3, 0.4) is 0 Å². The fraction of sp³-hybridized carbons (Fsp3) is 0.333. The number of nitrogens with zero attached hydrogens (tertiary/aromatic N) is 4. The summed E-state index contributed by atoms with van der Waals surface area (Å²) in [7, 11) is 1.84. The highest BCUT2D eigenvalue weighted by atomic mass is 19.1. The summed E-state index contributed by atoms with van der Waals surface area (Å²) in [5.74, 6) is -0.377. The Morgan fingerprint density at radius 2 is 1.86 bits per heavy atom. The molecule has 0 radical (unpaired) electrons. The SMILES string of the molecule is CCOC(=O)[C@@H]1CCCN(C(=O)c2cnc(-c3ccc(F)cc3)nc2N(C)c2ccc(C)cc2)C1. The van der Waals surface area contributed by atoms with Gasteiger partial charge >= 0.3 is 5.97 Å². The highest BCUT2D eigenvalue weighted by molar-refractivity contribution is 6.00. The first kappa shape index (κ1) is 24.3. The standard InChI is InChI=1S/C27H29FN4O3/c1-4-35-27(34)20-6-5-15-32(17-20)26(33)23-16-29-24(19-9-11-21(28)12-10-19)30-25(23)31(3)22-13-7-18(2)8-14-22/h7-14,16,20H,4-6,15,17H2,1-3H3/t20-/m1/s1. The number of ether oxygens (including phenoxy) is 1. The van der Waals surface area contributed by atoms with Crippen LogP contribution in [0.5, 0.6) is 0 Å². The van der Waals surface area contributed by atoms with Crippen molar-refractivity contribution in [2.45, 2.75) is 26.7 Å². The zero-order valence-electron chi connectivity index (χ0n) is 20.2. The Kier molecular flexibility index (Phi) is 7.39. The van der Waals surface area contributed by atoms with Crippen molar-refractivity contribution >= 4 is 23.4 Å². The smallest absolute Gasteiger partial charge is 0.310 e. The summed E-state index contributed by atoms with van der Waals surface area (Å²) >= 11 is 0. The first-order valence-electron chi connectivity index (χ1n) is 11.8. The predicted octanol–water partition coefficient (Wildman–Crippen LogP) is 4.77. The minimum absolute atomic E-state index is 0.237. The fourth-order valence-electron chi connectivity index (χ4n) is 4.19. The van der Waals surface area contributed by atoms with Crippen molar-refractivity contribution < 1.29 is 18.7 Å². The van der Waals surface area contributed by atoms with Gasteiger partial charge in [-0.1, -0.05) is 17.7 Å². The van der Waals surface area contributed by atoms with Crippen LogP contribution in [0.15, 0.2) is 54.7 Å². The van der Waals surface area contributed by atoms with Crippen LogP contribution in [0, 0.1) is 18.7 Å². The van der Waals surface area contributed by atoms with Crippen LogP contribution >= 0.6 is 0 Å². The molecule has 7 nitrogen and oxygen atoms in total. The van der Waals surface area contributed by atoms with Crippen molar-refractivity contribution in [1.82, 2.24) is 14.9 Å². The van der Waals surface area contributed by atoms with E-state index >= 15 is 0 Å². The second-order valence-electron chi connectivity index (χ2n) is 8.67. The van der Waals surface area contributed by atoms with Crippen LogP contribution in [0.1, 0.15) is 35.7 Å². The number of amides is 1. The normalized spacial score (nSPS) is 15.5. The quantitative estimate of drug-likeness (QED) is 0.477. The molecule has 2 heterocycles. The Morgan fingerprint density at radius 1 is 1.14 bits per heavy atom. The van der Waals surface area contributed by atoms with E-state index in [1.807, 2.05) is 43.1 Å². The molecule has 1 amide bonds. The van der Waals surface area contributed by atoms with Crippen LogP contribution in [0.25, 0.3) is 11.4 Å². The molecule has 1 aliphatic heterocycles. The Morgan fingerprint density at radius 3 is 2.54 bits per heavy atom. The molecule has 8 heteroatoms. The topological polar surface area (TPSA) is 75.6 Å². The minimum Gasteiger partial charge on any atom is -0.466 e. The molecule has 0 spiro atoms. The molecular weight excluding hydrogens is 447 g/mol. The van der Waals surface area contributed by atoms with E-state index in [0.29, 0.717) is 55.3 Å². The molecule has 0 saturated carbocycles. The lowest BCUT2D eigenvalue weighted by Crippen LogP contribution is -2.43. The summed E-state index contributed by atoms with van der Waals surface area (Å²) in [5.41, 5.74) is 2.95. The average molecular weight is 477 g/mol. The lowest BCUT2D eigenvalue weighted by atomic mass is 9.97. The zero-order chi connectivity index (χ0) is 24.9. The van der Waals surface area contributed by atoms with Gasteiger partial charge in [0.15, 0.2) is 5.82 Å². The number of anilines is 2. The van der Waals surface area contributed by atoms with Gasteiger partial charge < -0.3 is 14.5 Å². The summed E-state index contributed by atoms with van der Waals surface area (Å²) in [6, 6.07) is 13.8. The molecule has 182 valence electrons. The summed E-state index contributed by atoms with van der Waals surface area (Å²) in [5, 5.41) is 0. The molecule has 1 atom stereocenters. The van der Waals surface area contributed by atoms with E-state index in [2.05, 4.69) is 4.98 Å². The van der Waals surface area contributed by atoms with Crippen molar-refractivity contribution in [2.24, 2.45) is 5.92 Å². The number of hydrogen-bond donors (Lipinski definition) is 0. The van der Waals surface area contributed by atoms with Crippen LogP contribution in [-0.2, 0) is 9.53 Å². The lowest BCUT2D eigenvalue weighted by molar-refractivity contribution is -0.149. The summed E-state index contributed by atoms with van der Waals surface area (Å²) < 4.78 is 18.6. The highest BCUT2D eigenvalue weighted by Crippen LogP contribution is 2.30. The van der Waals surface area contributed by atoms with Crippen LogP contribution < -0.4 is 4.90 Å². The van der Waals surface area contributed by atoms with Gasteiger partial charge in [0.1, 0.15) is 17.2 Å². The Balaban J connectivity index is 1.71. The molecule has 0 aliphatic carbocycles. The maximum absolute atomic E-state index is 13.6. The van der Waals surface area contributed by atoms with Gasteiger partial charge in [0.25, 0.3) is 5.91 Å². The molecule has 2 aromatic carbocycles. The van der Waals surface area contributed by atoms with Gasteiger partial charge in [-0.05, 0) is 63.1 Å². The second-order valence-corrected chi connectivity index (χ2v) is 8.67. The van der Waals surface area contributed by atoms with Crippen LogP contribution in [0.2, 0.25) is 0 Å². The molecule has 1 fully saturated rings. The number of piperidine rings is 1. The molecular formula is C27H29FN4O3. The van der Waals surface area contributed by atoms with Crippen molar-refractivity contribution in [3.63, 3.8) is 0 Å². The second kappa shape index (κ2) is 10.6. The zero-order valence-corrected chi connectivity index (χ0v) is 20.2. The van der Waals surface area contributed by atoms with Crippen LogP contribution in [-0.4, -0.2) is 53.5 Å².